The maximum atomic E-state index is 13.1. The molecule has 0 amide bonds. The summed E-state index contributed by atoms with van der Waals surface area (Å²) in [5.41, 5.74) is 4.00. The summed E-state index contributed by atoms with van der Waals surface area (Å²) in [6, 6.07) is 8.87. The van der Waals surface area contributed by atoms with E-state index < -0.39 is 0 Å². The van der Waals surface area contributed by atoms with Crippen molar-refractivity contribution in [2.24, 2.45) is 0 Å². The Morgan fingerprint density at radius 2 is 1.92 bits per heavy atom. The Kier molecular flexibility index (Phi) is 4.31. The summed E-state index contributed by atoms with van der Waals surface area (Å²) >= 11 is 0. The topological polar surface area (TPSA) is 49.6 Å². The van der Waals surface area contributed by atoms with Gasteiger partial charge in [-0.25, -0.2) is 4.39 Å². The highest BCUT2D eigenvalue weighted by Gasteiger charge is 2.19. The van der Waals surface area contributed by atoms with Gasteiger partial charge in [0.15, 0.2) is 0 Å². The molecule has 0 spiro atoms. The van der Waals surface area contributed by atoms with Crippen molar-refractivity contribution in [2.75, 3.05) is 31.1 Å². The van der Waals surface area contributed by atoms with Crippen LogP contribution in [-0.2, 0) is 6.54 Å². The van der Waals surface area contributed by atoms with Gasteiger partial charge in [-0.3, -0.25) is 4.90 Å². The third kappa shape index (κ3) is 3.46. The third-order valence-corrected chi connectivity index (χ3v) is 4.62. The van der Waals surface area contributed by atoms with Crippen molar-refractivity contribution in [3.8, 4) is 0 Å². The minimum Gasteiger partial charge on any atom is -0.367 e. The summed E-state index contributed by atoms with van der Waals surface area (Å²) < 4.78 is 14.8. The molecule has 3 aromatic rings. The van der Waals surface area contributed by atoms with Gasteiger partial charge in [0.2, 0.25) is 5.65 Å². The van der Waals surface area contributed by atoms with Crippen molar-refractivity contribution >= 4 is 11.3 Å². The van der Waals surface area contributed by atoms with Gasteiger partial charge in [-0.1, -0.05) is 12.1 Å². The number of nitrogens with zero attached hydrogens (tertiary/aromatic N) is 6. The second-order valence-corrected chi connectivity index (χ2v) is 6.51. The number of hydrogen-bond acceptors (Lipinski definition) is 5. The summed E-state index contributed by atoms with van der Waals surface area (Å²) in [5.74, 6) is -0.184. The maximum absolute atomic E-state index is 13.1. The molecular weight excluding hydrogens is 319 g/mol. The predicted octanol–water partition coefficient (Wildman–Crippen LogP) is 2.28. The fraction of sp³-hybridized carbons (Fsp3) is 0.389. The number of halogens is 1. The number of hydrogen-bond donors (Lipinski definition) is 0. The molecule has 3 heterocycles. The van der Waals surface area contributed by atoms with E-state index in [4.69, 9.17) is 0 Å². The lowest BCUT2D eigenvalue weighted by Gasteiger charge is -2.24. The quantitative estimate of drug-likeness (QED) is 0.732. The van der Waals surface area contributed by atoms with Gasteiger partial charge in [-0.2, -0.15) is 9.61 Å². The van der Waals surface area contributed by atoms with Gasteiger partial charge < -0.3 is 4.90 Å². The lowest BCUT2D eigenvalue weighted by atomic mass is 10.2. The first-order valence-electron chi connectivity index (χ1n) is 8.58. The number of fused-ring (bicyclic) bond motifs is 1. The van der Waals surface area contributed by atoms with E-state index in [1.54, 1.807) is 10.8 Å². The van der Waals surface area contributed by atoms with Crippen LogP contribution in [0.25, 0.3) is 5.65 Å². The molecule has 0 saturated carbocycles. The first-order chi connectivity index (χ1) is 12.2. The van der Waals surface area contributed by atoms with Crippen molar-refractivity contribution in [1.82, 2.24) is 24.7 Å². The number of rotatable bonds is 3. The van der Waals surface area contributed by atoms with E-state index in [1.807, 2.05) is 19.1 Å². The van der Waals surface area contributed by atoms with Crippen molar-refractivity contribution in [3.63, 3.8) is 0 Å². The second-order valence-electron chi connectivity index (χ2n) is 6.51. The summed E-state index contributed by atoms with van der Waals surface area (Å²) in [4.78, 5) is 4.78. The van der Waals surface area contributed by atoms with Crippen LogP contribution in [0.3, 0.4) is 0 Å². The van der Waals surface area contributed by atoms with E-state index in [0.717, 1.165) is 61.7 Å². The maximum Gasteiger partial charge on any atom is 0.200 e. The predicted molar refractivity (Wildman–Crippen MR) is 94.0 cm³/mol. The Morgan fingerprint density at radius 1 is 1.08 bits per heavy atom. The molecule has 4 rings (SSSR count). The van der Waals surface area contributed by atoms with Gasteiger partial charge in [-0.15, -0.1) is 10.2 Å². The monoisotopic (exact) mass is 340 g/mol. The van der Waals surface area contributed by atoms with Gasteiger partial charge >= 0.3 is 0 Å². The molecular formula is C18H21FN6. The highest BCUT2D eigenvalue weighted by molar-refractivity contribution is 5.68. The van der Waals surface area contributed by atoms with Gasteiger partial charge in [-0.05, 0) is 37.1 Å². The third-order valence-electron chi connectivity index (χ3n) is 4.62. The van der Waals surface area contributed by atoms with Crippen LogP contribution in [0.1, 0.15) is 17.7 Å². The van der Waals surface area contributed by atoms with Crippen LogP contribution < -0.4 is 4.90 Å². The van der Waals surface area contributed by atoms with Crippen LogP contribution in [0.4, 0.5) is 10.1 Å². The van der Waals surface area contributed by atoms with Gasteiger partial charge in [0.1, 0.15) is 12.1 Å². The largest absolute Gasteiger partial charge is 0.367 e. The average Bonchev–Trinajstić information content (AvgIpc) is 2.95. The SMILES string of the molecule is Cc1cc(N2CCCN(Cc3ccc(F)cc3)CC2)c2nncn2n1. The van der Waals surface area contributed by atoms with Crippen LogP contribution in [-0.4, -0.2) is 50.9 Å². The van der Waals surface area contributed by atoms with Crippen molar-refractivity contribution < 1.29 is 4.39 Å². The highest BCUT2D eigenvalue weighted by Crippen LogP contribution is 2.22. The standard InChI is InChI=1S/C18H21FN6/c1-14-11-17(18-21-20-13-25(18)22-14)24-8-2-7-23(9-10-24)12-15-3-5-16(19)6-4-15/h3-6,11,13H,2,7-10,12H2,1H3. The fourth-order valence-electron chi connectivity index (χ4n) is 3.38. The zero-order valence-electron chi connectivity index (χ0n) is 14.3. The molecule has 1 aliphatic heterocycles. The zero-order chi connectivity index (χ0) is 17.2. The van der Waals surface area contributed by atoms with Crippen molar-refractivity contribution in [3.05, 3.63) is 53.7 Å². The molecule has 25 heavy (non-hydrogen) atoms. The fourth-order valence-corrected chi connectivity index (χ4v) is 3.38. The average molecular weight is 340 g/mol. The van der Waals surface area contributed by atoms with Crippen LogP contribution in [0.15, 0.2) is 36.7 Å². The van der Waals surface area contributed by atoms with E-state index in [2.05, 4.69) is 31.2 Å². The van der Waals surface area contributed by atoms with E-state index >= 15 is 0 Å². The minimum absolute atomic E-state index is 0.184. The Morgan fingerprint density at radius 3 is 2.76 bits per heavy atom. The molecule has 6 nitrogen and oxygen atoms in total. The first kappa shape index (κ1) is 16.0. The van der Waals surface area contributed by atoms with Gasteiger partial charge in [0.05, 0.1) is 11.4 Å². The lowest BCUT2D eigenvalue weighted by Crippen LogP contribution is -2.31. The normalized spacial score (nSPS) is 16.3. The molecule has 1 saturated heterocycles. The number of benzene rings is 1. The van der Waals surface area contributed by atoms with E-state index in [-0.39, 0.29) is 5.82 Å². The number of aromatic nitrogens is 4. The molecule has 2 aromatic heterocycles. The summed E-state index contributed by atoms with van der Waals surface area (Å²) in [6.07, 6.45) is 2.72. The zero-order valence-corrected chi connectivity index (χ0v) is 14.3. The Hall–Kier alpha value is -2.54. The van der Waals surface area contributed by atoms with Crippen LogP contribution in [0.5, 0.6) is 0 Å². The molecule has 7 heteroatoms. The summed E-state index contributed by atoms with van der Waals surface area (Å²) in [7, 11) is 0. The molecule has 1 aromatic carbocycles. The molecule has 0 aliphatic carbocycles. The molecule has 1 aliphatic rings. The summed E-state index contributed by atoms with van der Waals surface area (Å²) in [5, 5.41) is 12.6. The van der Waals surface area contributed by atoms with Crippen molar-refractivity contribution in [1.29, 1.82) is 0 Å². The van der Waals surface area contributed by atoms with Crippen LogP contribution in [0.2, 0.25) is 0 Å². The first-order valence-corrected chi connectivity index (χ1v) is 8.58. The Labute approximate surface area is 145 Å². The smallest absolute Gasteiger partial charge is 0.200 e. The highest BCUT2D eigenvalue weighted by atomic mass is 19.1. The minimum atomic E-state index is -0.184. The number of anilines is 1. The molecule has 1 fully saturated rings. The van der Waals surface area contributed by atoms with Crippen LogP contribution in [0, 0.1) is 12.7 Å². The van der Waals surface area contributed by atoms with E-state index in [1.165, 1.54) is 12.1 Å². The van der Waals surface area contributed by atoms with Gasteiger partial charge in [0.25, 0.3) is 0 Å². The van der Waals surface area contributed by atoms with Gasteiger partial charge in [0, 0.05) is 32.7 Å². The molecule has 0 atom stereocenters. The lowest BCUT2D eigenvalue weighted by molar-refractivity contribution is 0.285. The molecule has 0 bridgehead atoms. The molecule has 0 N–H and O–H groups in total. The van der Waals surface area contributed by atoms with Crippen LogP contribution >= 0.6 is 0 Å². The number of aryl methyl sites for hydroxylation is 1. The Balaban J connectivity index is 1.49. The molecule has 130 valence electrons. The molecule has 0 unspecified atom stereocenters. The molecule has 0 radical (unpaired) electrons. The van der Waals surface area contributed by atoms with E-state index in [0.29, 0.717) is 0 Å². The second kappa shape index (κ2) is 6.76. The summed E-state index contributed by atoms with van der Waals surface area (Å²) in [6.45, 7) is 6.73. The van der Waals surface area contributed by atoms with E-state index in [9.17, 15) is 4.39 Å². The van der Waals surface area contributed by atoms with Crippen molar-refractivity contribution in [2.45, 2.75) is 19.9 Å². The Bertz CT molecular complexity index is 860.